The standard InChI is InChI=1S/C17H15ClN4O2/c1-23-16-8-14(9-21-22-11-19-20-12-22)7-15(18)17(16)24-10-13-5-3-2-4-6-13/h2-9,11-12H,10H2,1H3. The van der Waals surface area contributed by atoms with Crippen LogP contribution in [-0.2, 0) is 6.61 Å². The number of benzene rings is 2. The Labute approximate surface area is 144 Å². The first kappa shape index (κ1) is 16.0. The van der Waals surface area contributed by atoms with Gasteiger partial charge < -0.3 is 9.47 Å². The number of methoxy groups -OCH3 is 1. The molecule has 6 nitrogen and oxygen atoms in total. The molecule has 7 heteroatoms. The first-order valence-corrected chi connectivity index (χ1v) is 7.57. The molecule has 0 aliphatic rings. The van der Waals surface area contributed by atoms with Crippen LogP contribution in [-0.4, -0.2) is 28.2 Å². The minimum Gasteiger partial charge on any atom is -0.493 e. The van der Waals surface area contributed by atoms with Crippen molar-refractivity contribution in [3.63, 3.8) is 0 Å². The zero-order chi connectivity index (χ0) is 16.8. The fourth-order valence-electron chi connectivity index (χ4n) is 2.07. The van der Waals surface area contributed by atoms with Crippen LogP contribution in [0.4, 0.5) is 0 Å². The molecule has 1 heterocycles. The molecule has 0 saturated heterocycles. The summed E-state index contributed by atoms with van der Waals surface area (Å²) in [4.78, 5) is 0. The van der Waals surface area contributed by atoms with Crippen LogP contribution >= 0.6 is 11.6 Å². The van der Waals surface area contributed by atoms with E-state index < -0.39 is 0 Å². The monoisotopic (exact) mass is 342 g/mol. The second-order valence-corrected chi connectivity index (χ2v) is 5.30. The van der Waals surface area contributed by atoms with Gasteiger partial charge in [-0.15, -0.1) is 10.2 Å². The van der Waals surface area contributed by atoms with Gasteiger partial charge in [-0.25, -0.2) is 4.68 Å². The van der Waals surface area contributed by atoms with E-state index in [1.54, 1.807) is 25.5 Å². The Morgan fingerprint density at radius 1 is 1.17 bits per heavy atom. The SMILES string of the molecule is COc1cc(C=Nn2cnnc2)cc(Cl)c1OCc1ccccc1. The van der Waals surface area contributed by atoms with Gasteiger partial charge >= 0.3 is 0 Å². The summed E-state index contributed by atoms with van der Waals surface area (Å²) in [7, 11) is 1.57. The summed E-state index contributed by atoms with van der Waals surface area (Å²) in [5, 5.41) is 12.0. The molecule has 0 fully saturated rings. The summed E-state index contributed by atoms with van der Waals surface area (Å²) in [5.74, 6) is 1.05. The molecule has 0 aliphatic carbocycles. The van der Waals surface area contributed by atoms with Crippen molar-refractivity contribution >= 4 is 17.8 Å². The Bertz CT molecular complexity index is 820. The quantitative estimate of drug-likeness (QED) is 0.644. The molecule has 0 bridgehead atoms. The summed E-state index contributed by atoms with van der Waals surface area (Å²) < 4.78 is 12.7. The van der Waals surface area contributed by atoms with Crippen LogP contribution in [0.3, 0.4) is 0 Å². The van der Waals surface area contributed by atoms with Crippen LogP contribution in [0, 0.1) is 0 Å². The molecule has 1 aromatic heterocycles. The lowest BCUT2D eigenvalue weighted by atomic mass is 10.2. The molecule has 122 valence electrons. The van der Waals surface area contributed by atoms with Gasteiger partial charge in [0.1, 0.15) is 19.3 Å². The molecule has 3 rings (SSSR count). The van der Waals surface area contributed by atoms with Gasteiger partial charge in [-0.3, -0.25) is 0 Å². The van der Waals surface area contributed by atoms with Crippen molar-refractivity contribution in [2.24, 2.45) is 5.10 Å². The van der Waals surface area contributed by atoms with E-state index in [9.17, 15) is 0 Å². The molecule has 3 aromatic rings. The van der Waals surface area contributed by atoms with Gasteiger partial charge in [0.25, 0.3) is 0 Å². The van der Waals surface area contributed by atoms with E-state index in [0.717, 1.165) is 11.1 Å². The van der Waals surface area contributed by atoms with Gasteiger partial charge in [-0.05, 0) is 23.3 Å². The van der Waals surface area contributed by atoms with E-state index in [2.05, 4.69) is 15.3 Å². The Morgan fingerprint density at radius 2 is 1.92 bits per heavy atom. The van der Waals surface area contributed by atoms with Crippen LogP contribution in [0.1, 0.15) is 11.1 Å². The summed E-state index contributed by atoms with van der Waals surface area (Å²) in [6, 6.07) is 13.4. The van der Waals surface area contributed by atoms with Gasteiger partial charge in [0.15, 0.2) is 11.5 Å². The Morgan fingerprint density at radius 3 is 2.62 bits per heavy atom. The van der Waals surface area contributed by atoms with Crippen molar-refractivity contribution < 1.29 is 9.47 Å². The summed E-state index contributed by atoms with van der Waals surface area (Å²) >= 11 is 6.34. The van der Waals surface area contributed by atoms with Gasteiger partial charge in [-0.1, -0.05) is 41.9 Å². The molecular weight excluding hydrogens is 328 g/mol. The van der Waals surface area contributed by atoms with Crippen LogP contribution in [0.25, 0.3) is 0 Å². The van der Waals surface area contributed by atoms with E-state index in [1.807, 2.05) is 30.3 Å². The van der Waals surface area contributed by atoms with Crippen LogP contribution in [0.2, 0.25) is 5.02 Å². The highest BCUT2D eigenvalue weighted by Crippen LogP contribution is 2.36. The normalized spacial score (nSPS) is 10.9. The van der Waals surface area contributed by atoms with Crippen LogP contribution in [0.15, 0.2) is 60.2 Å². The third-order valence-electron chi connectivity index (χ3n) is 3.22. The minimum atomic E-state index is 0.408. The van der Waals surface area contributed by atoms with Crippen molar-refractivity contribution in [1.82, 2.24) is 14.9 Å². The van der Waals surface area contributed by atoms with E-state index in [0.29, 0.717) is 23.1 Å². The van der Waals surface area contributed by atoms with Crippen molar-refractivity contribution in [2.45, 2.75) is 6.61 Å². The van der Waals surface area contributed by atoms with Gasteiger partial charge in [0.2, 0.25) is 0 Å². The Balaban J connectivity index is 1.79. The van der Waals surface area contributed by atoms with Crippen molar-refractivity contribution in [3.05, 3.63) is 71.3 Å². The number of ether oxygens (including phenoxy) is 2. The van der Waals surface area contributed by atoms with Crippen molar-refractivity contribution in [1.29, 1.82) is 0 Å². The molecule has 0 spiro atoms. The molecule has 0 amide bonds. The zero-order valence-corrected chi connectivity index (χ0v) is 13.7. The highest BCUT2D eigenvalue weighted by molar-refractivity contribution is 6.32. The number of nitrogens with zero attached hydrogens (tertiary/aromatic N) is 4. The highest BCUT2D eigenvalue weighted by Gasteiger charge is 2.12. The van der Waals surface area contributed by atoms with Crippen LogP contribution in [0.5, 0.6) is 11.5 Å². The van der Waals surface area contributed by atoms with E-state index in [-0.39, 0.29) is 0 Å². The molecule has 0 aliphatic heterocycles. The zero-order valence-electron chi connectivity index (χ0n) is 13.0. The molecule has 0 radical (unpaired) electrons. The third kappa shape index (κ3) is 3.91. The lowest BCUT2D eigenvalue weighted by Gasteiger charge is -2.13. The number of rotatable bonds is 6. The Kier molecular flexibility index (Phi) is 5.08. The number of hydrogen-bond donors (Lipinski definition) is 0. The first-order chi connectivity index (χ1) is 11.8. The molecule has 0 saturated carbocycles. The molecule has 0 N–H and O–H groups in total. The molecule has 0 unspecified atom stereocenters. The fourth-order valence-corrected chi connectivity index (χ4v) is 2.35. The molecule has 0 atom stereocenters. The average molecular weight is 343 g/mol. The predicted molar refractivity (Wildman–Crippen MR) is 91.8 cm³/mol. The van der Waals surface area contributed by atoms with Gasteiger partial charge in [-0.2, -0.15) is 5.10 Å². The molecule has 24 heavy (non-hydrogen) atoms. The summed E-state index contributed by atoms with van der Waals surface area (Å²) in [5.41, 5.74) is 1.83. The van der Waals surface area contributed by atoms with E-state index in [4.69, 9.17) is 21.1 Å². The molecule has 2 aromatic carbocycles. The first-order valence-electron chi connectivity index (χ1n) is 7.19. The van der Waals surface area contributed by atoms with Gasteiger partial charge in [0, 0.05) is 0 Å². The smallest absolute Gasteiger partial charge is 0.180 e. The van der Waals surface area contributed by atoms with E-state index >= 15 is 0 Å². The number of aromatic nitrogens is 3. The van der Waals surface area contributed by atoms with Gasteiger partial charge in [0.05, 0.1) is 18.3 Å². The fraction of sp³-hybridized carbons (Fsp3) is 0.118. The predicted octanol–water partition coefficient (Wildman–Crippen LogP) is 3.40. The second kappa shape index (κ2) is 7.61. The molecular formula is C17H15ClN4O2. The van der Waals surface area contributed by atoms with E-state index in [1.165, 1.54) is 17.3 Å². The largest absolute Gasteiger partial charge is 0.493 e. The maximum absolute atomic E-state index is 6.34. The summed E-state index contributed by atoms with van der Waals surface area (Å²) in [6.07, 6.45) is 4.62. The summed E-state index contributed by atoms with van der Waals surface area (Å²) in [6.45, 7) is 0.408. The highest BCUT2D eigenvalue weighted by atomic mass is 35.5. The second-order valence-electron chi connectivity index (χ2n) is 4.89. The number of hydrogen-bond acceptors (Lipinski definition) is 5. The lowest BCUT2D eigenvalue weighted by molar-refractivity contribution is 0.284. The lowest BCUT2D eigenvalue weighted by Crippen LogP contribution is -1.99. The topological polar surface area (TPSA) is 61.5 Å². The Hall–Kier alpha value is -2.86. The maximum atomic E-state index is 6.34. The maximum Gasteiger partial charge on any atom is 0.180 e. The van der Waals surface area contributed by atoms with Crippen LogP contribution < -0.4 is 9.47 Å². The minimum absolute atomic E-state index is 0.408. The van der Waals surface area contributed by atoms with Crippen molar-refractivity contribution in [3.8, 4) is 11.5 Å². The number of halogens is 1. The average Bonchev–Trinajstić information content (AvgIpc) is 3.13. The van der Waals surface area contributed by atoms with Crippen molar-refractivity contribution in [2.75, 3.05) is 7.11 Å². The third-order valence-corrected chi connectivity index (χ3v) is 3.51.